The lowest BCUT2D eigenvalue weighted by molar-refractivity contribution is 0.192. The minimum absolute atomic E-state index is 0.138. The van der Waals surface area contributed by atoms with Gasteiger partial charge in [-0.05, 0) is 31.0 Å². The highest BCUT2D eigenvalue weighted by Crippen LogP contribution is 2.32. The van der Waals surface area contributed by atoms with Crippen molar-refractivity contribution in [3.63, 3.8) is 0 Å². The first-order chi connectivity index (χ1) is 9.66. The fourth-order valence-corrected chi connectivity index (χ4v) is 3.70. The molecule has 2 amide bonds. The summed E-state index contributed by atoms with van der Waals surface area (Å²) >= 11 is 3.59. The Bertz CT molecular complexity index is 502. The first-order valence-electron chi connectivity index (χ1n) is 7.16. The second-order valence-corrected chi connectivity index (χ2v) is 6.48. The van der Waals surface area contributed by atoms with Crippen molar-refractivity contribution in [2.75, 3.05) is 26.7 Å². The normalized spacial score (nSPS) is 26.6. The Balaban J connectivity index is 1.74. The molecule has 0 aliphatic carbocycles. The van der Waals surface area contributed by atoms with Crippen LogP contribution in [-0.4, -0.2) is 48.6 Å². The molecule has 0 radical (unpaired) electrons. The number of carbonyl (C=O) groups is 1. The summed E-state index contributed by atoms with van der Waals surface area (Å²) in [4.78, 5) is 16.2. The maximum Gasteiger partial charge on any atom is 0.320 e. The van der Waals surface area contributed by atoms with Gasteiger partial charge in [-0.25, -0.2) is 4.79 Å². The van der Waals surface area contributed by atoms with Crippen LogP contribution in [0.3, 0.4) is 0 Å². The van der Waals surface area contributed by atoms with Gasteiger partial charge in [-0.1, -0.05) is 34.1 Å². The quantitative estimate of drug-likeness (QED) is 0.920. The molecule has 2 heterocycles. The van der Waals surface area contributed by atoms with Crippen LogP contribution < -0.4 is 5.32 Å². The summed E-state index contributed by atoms with van der Waals surface area (Å²) in [5.41, 5.74) is 1.19. The van der Waals surface area contributed by atoms with Crippen LogP contribution in [0.2, 0.25) is 0 Å². The Kier molecular flexibility index (Phi) is 3.98. The number of hydrogen-bond donors (Lipinski definition) is 1. The number of nitrogens with one attached hydrogen (secondary N) is 1. The van der Waals surface area contributed by atoms with E-state index in [4.69, 9.17) is 0 Å². The van der Waals surface area contributed by atoms with E-state index in [2.05, 4.69) is 27.3 Å². The second-order valence-electron chi connectivity index (χ2n) is 5.63. The first kappa shape index (κ1) is 13.9. The third kappa shape index (κ3) is 2.56. The summed E-state index contributed by atoms with van der Waals surface area (Å²) in [6, 6.07) is 8.90. The summed E-state index contributed by atoms with van der Waals surface area (Å²) in [7, 11) is 1.90. The molecule has 0 aromatic heterocycles. The van der Waals surface area contributed by atoms with E-state index in [1.54, 1.807) is 0 Å². The third-order valence-electron chi connectivity index (χ3n) is 4.30. The van der Waals surface area contributed by atoms with Crippen LogP contribution in [0, 0.1) is 0 Å². The zero-order valence-corrected chi connectivity index (χ0v) is 13.3. The highest BCUT2D eigenvalue weighted by Gasteiger charge is 2.37. The fourth-order valence-electron chi connectivity index (χ4n) is 3.15. The molecule has 4 nitrogen and oxygen atoms in total. The van der Waals surface area contributed by atoms with Crippen molar-refractivity contribution in [1.29, 1.82) is 0 Å². The predicted molar refractivity (Wildman–Crippen MR) is 82.6 cm³/mol. The molecule has 2 fully saturated rings. The lowest BCUT2D eigenvalue weighted by atomic mass is 10.1. The smallest absolute Gasteiger partial charge is 0.320 e. The maximum atomic E-state index is 12.4. The summed E-state index contributed by atoms with van der Waals surface area (Å²) in [5, 5.41) is 3.46. The molecular weight excluding hydrogens is 318 g/mol. The molecule has 2 unspecified atom stereocenters. The summed E-state index contributed by atoms with van der Waals surface area (Å²) < 4.78 is 1.07. The van der Waals surface area contributed by atoms with E-state index in [-0.39, 0.29) is 12.1 Å². The molecule has 108 valence electrons. The van der Waals surface area contributed by atoms with Gasteiger partial charge in [-0.15, -0.1) is 0 Å². The number of urea groups is 1. The van der Waals surface area contributed by atoms with Gasteiger partial charge in [-0.3, -0.25) is 0 Å². The SMILES string of the molecule is CN1C(=O)N(CC2CCCN2)CC1c1ccccc1Br. The zero-order chi connectivity index (χ0) is 14.1. The minimum atomic E-state index is 0.138. The zero-order valence-electron chi connectivity index (χ0n) is 11.7. The lowest BCUT2D eigenvalue weighted by Crippen LogP contribution is -2.39. The lowest BCUT2D eigenvalue weighted by Gasteiger charge is -2.19. The Morgan fingerprint density at radius 3 is 2.90 bits per heavy atom. The number of hydrogen-bond acceptors (Lipinski definition) is 2. The molecule has 1 aromatic rings. The van der Waals surface area contributed by atoms with E-state index >= 15 is 0 Å². The minimum Gasteiger partial charge on any atom is -0.321 e. The highest BCUT2D eigenvalue weighted by molar-refractivity contribution is 9.10. The number of likely N-dealkylation sites (N-methyl/N-ethyl adjacent to an activating group) is 1. The summed E-state index contributed by atoms with van der Waals surface area (Å²) in [6.07, 6.45) is 2.39. The monoisotopic (exact) mass is 337 g/mol. The van der Waals surface area contributed by atoms with Crippen LogP contribution in [0.25, 0.3) is 0 Å². The standard InChI is InChI=1S/C15H20BrN3O/c1-18-14(12-6-2-3-7-13(12)16)10-19(15(18)20)9-11-5-4-8-17-11/h2-3,6-7,11,14,17H,4-5,8-10H2,1H3. The van der Waals surface area contributed by atoms with Crippen LogP contribution in [0.5, 0.6) is 0 Å². The number of halogens is 1. The first-order valence-corrected chi connectivity index (χ1v) is 7.95. The Morgan fingerprint density at radius 1 is 1.40 bits per heavy atom. The molecule has 5 heteroatoms. The van der Waals surface area contributed by atoms with Crippen LogP contribution >= 0.6 is 15.9 Å². The molecule has 2 atom stereocenters. The van der Waals surface area contributed by atoms with E-state index in [0.29, 0.717) is 6.04 Å². The average molecular weight is 338 g/mol. The number of amides is 2. The van der Waals surface area contributed by atoms with Crippen LogP contribution in [0.1, 0.15) is 24.4 Å². The number of rotatable bonds is 3. The van der Waals surface area contributed by atoms with Crippen molar-refractivity contribution in [2.24, 2.45) is 0 Å². The molecule has 0 spiro atoms. The van der Waals surface area contributed by atoms with Crippen LogP contribution in [0.4, 0.5) is 4.79 Å². The molecule has 0 saturated carbocycles. The van der Waals surface area contributed by atoms with Gasteiger partial charge in [0.15, 0.2) is 0 Å². The summed E-state index contributed by atoms with van der Waals surface area (Å²) in [6.45, 7) is 2.68. The van der Waals surface area contributed by atoms with Gasteiger partial charge in [0.2, 0.25) is 0 Å². The molecule has 20 heavy (non-hydrogen) atoms. The van der Waals surface area contributed by atoms with Gasteiger partial charge in [-0.2, -0.15) is 0 Å². The Morgan fingerprint density at radius 2 is 2.20 bits per heavy atom. The van der Waals surface area contributed by atoms with E-state index < -0.39 is 0 Å². The van der Waals surface area contributed by atoms with Crippen molar-refractivity contribution < 1.29 is 4.79 Å². The second kappa shape index (κ2) is 5.74. The van der Waals surface area contributed by atoms with E-state index in [0.717, 1.165) is 24.1 Å². The number of carbonyl (C=O) groups excluding carboxylic acids is 1. The molecule has 2 aliphatic heterocycles. The van der Waals surface area contributed by atoms with Gasteiger partial charge in [0, 0.05) is 30.7 Å². The van der Waals surface area contributed by atoms with Crippen molar-refractivity contribution in [3.05, 3.63) is 34.3 Å². The van der Waals surface area contributed by atoms with Crippen molar-refractivity contribution in [3.8, 4) is 0 Å². The molecule has 0 bridgehead atoms. The van der Waals surface area contributed by atoms with E-state index in [1.165, 1.54) is 18.4 Å². The molecule has 1 aromatic carbocycles. The van der Waals surface area contributed by atoms with Gasteiger partial charge in [0.25, 0.3) is 0 Å². The molecular formula is C15H20BrN3O. The molecule has 3 rings (SSSR count). The highest BCUT2D eigenvalue weighted by atomic mass is 79.9. The number of benzene rings is 1. The largest absolute Gasteiger partial charge is 0.321 e. The molecule has 2 aliphatic rings. The molecule has 1 N–H and O–H groups in total. The van der Waals surface area contributed by atoms with Gasteiger partial charge in [0.05, 0.1) is 6.04 Å². The van der Waals surface area contributed by atoms with Crippen LogP contribution in [-0.2, 0) is 0 Å². The third-order valence-corrected chi connectivity index (χ3v) is 5.02. The number of nitrogens with zero attached hydrogens (tertiary/aromatic N) is 2. The predicted octanol–water partition coefficient (Wildman–Crippen LogP) is 2.61. The Hall–Kier alpha value is -1.07. The van der Waals surface area contributed by atoms with Crippen molar-refractivity contribution in [2.45, 2.75) is 24.9 Å². The van der Waals surface area contributed by atoms with Crippen molar-refractivity contribution in [1.82, 2.24) is 15.1 Å². The average Bonchev–Trinajstić information content (AvgIpc) is 3.04. The van der Waals surface area contributed by atoms with E-state index in [1.807, 2.05) is 35.0 Å². The van der Waals surface area contributed by atoms with Gasteiger partial charge in [0.1, 0.15) is 0 Å². The fraction of sp³-hybridized carbons (Fsp3) is 0.533. The van der Waals surface area contributed by atoms with Gasteiger partial charge < -0.3 is 15.1 Å². The summed E-state index contributed by atoms with van der Waals surface area (Å²) in [5.74, 6) is 0. The Labute approximate surface area is 128 Å². The topological polar surface area (TPSA) is 35.6 Å². The molecule has 2 saturated heterocycles. The van der Waals surface area contributed by atoms with Gasteiger partial charge >= 0.3 is 6.03 Å². The maximum absolute atomic E-state index is 12.4. The van der Waals surface area contributed by atoms with Crippen LogP contribution in [0.15, 0.2) is 28.7 Å². The van der Waals surface area contributed by atoms with Crippen molar-refractivity contribution >= 4 is 22.0 Å². The van der Waals surface area contributed by atoms with E-state index in [9.17, 15) is 4.79 Å².